The molecule has 2 amide bonds. The molecule has 0 spiro atoms. The van der Waals surface area contributed by atoms with Crippen LogP contribution >= 0.6 is 0 Å². The van der Waals surface area contributed by atoms with E-state index in [0.29, 0.717) is 11.3 Å². The van der Waals surface area contributed by atoms with Gasteiger partial charge in [-0.25, -0.2) is 0 Å². The fourth-order valence-electron chi connectivity index (χ4n) is 3.15. The van der Waals surface area contributed by atoms with Crippen LogP contribution in [-0.2, 0) is 0 Å². The molecular weight excluding hydrogens is 316 g/mol. The average Bonchev–Trinajstić information content (AvgIpc) is 3.10. The third-order valence-corrected chi connectivity index (χ3v) is 4.62. The quantitative estimate of drug-likeness (QED) is 0.926. The molecule has 1 fully saturated rings. The van der Waals surface area contributed by atoms with E-state index in [0.717, 1.165) is 31.5 Å². The van der Waals surface area contributed by atoms with Gasteiger partial charge in [-0.15, -0.1) is 0 Å². The van der Waals surface area contributed by atoms with Gasteiger partial charge in [0, 0.05) is 31.3 Å². The molecule has 3 rings (SSSR count). The maximum atomic E-state index is 12.7. The highest BCUT2D eigenvalue weighted by Crippen LogP contribution is 2.23. The molecule has 25 heavy (non-hydrogen) atoms. The molecule has 1 saturated heterocycles. The molecule has 0 aliphatic carbocycles. The number of amides is 2. The largest absolute Gasteiger partial charge is 0.451 e. The fraction of sp³-hybridized carbons (Fsp3) is 0.400. The van der Waals surface area contributed by atoms with Crippen LogP contribution in [0.5, 0.6) is 0 Å². The Labute approximate surface area is 148 Å². The van der Waals surface area contributed by atoms with Crippen molar-refractivity contribution in [1.29, 1.82) is 0 Å². The first kappa shape index (κ1) is 17.3. The predicted molar refractivity (Wildman–Crippen MR) is 96.5 cm³/mol. The lowest BCUT2D eigenvalue weighted by molar-refractivity contribution is 0.0742. The van der Waals surface area contributed by atoms with Gasteiger partial charge in [0.15, 0.2) is 5.76 Å². The molecule has 0 saturated carbocycles. The number of hydrogen-bond donors (Lipinski definition) is 1. The summed E-state index contributed by atoms with van der Waals surface area (Å²) in [5, 5.41) is 2.53. The van der Waals surface area contributed by atoms with Crippen molar-refractivity contribution in [2.45, 2.75) is 32.1 Å². The molecule has 1 N–H and O–H groups in total. The van der Waals surface area contributed by atoms with Gasteiger partial charge in [0.2, 0.25) is 0 Å². The highest BCUT2D eigenvalue weighted by molar-refractivity contribution is 5.95. The van der Waals surface area contributed by atoms with Crippen molar-refractivity contribution in [1.82, 2.24) is 10.2 Å². The van der Waals surface area contributed by atoms with Crippen molar-refractivity contribution >= 4 is 11.8 Å². The van der Waals surface area contributed by atoms with Gasteiger partial charge in [0.05, 0.1) is 0 Å². The summed E-state index contributed by atoms with van der Waals surface area (Å²) in [6, 6.07) is 10.8. The zero-order valence-electron chi connectivity index (χ0n) is 14.6. The van der Waals surface area contributed by atoms with Crippen LogP contribution in [0.3, 0.4) is 0 Å². The molecule has 1 aromatic heterocycles. The lowest BCUT2D eigenvalue weighted by atomic mass is 10.1. The molecule has 1 aromatic carbocycles. The summed E-state index contributed by atoms with van der Waals surface area (Å²) in [4.78, 5) is 26.2. The van der Waals surface area contributed by atoms with Crippen LogP contribution in [0.25, 0.3) is 11.3 Å². The van der Waals surface area contributed by atoms with E-state index < -0.39 is 0 Å². The van der Waals surface area contributed by atoms with Crippen LogP contribution in [0.4, 0.5) is 0 Å². The Balaban J connectivity index is 1.71. The van der Waals surface area contributed by atoms with Gasteiger partial charge in [-0.1, -0.05) is 31.4 Å². The van der Waals surface area contributed by atoms with Gasteiger partial charge in [0.25, 0.3) is 11.8 Å². The summed E-state index contributed by atoms with van der Waals surface area (Å²) in [5.41, 5.74) is 1.54. The van der Waals surface area contributed by atoms with Crippen LogP contribution in [-0.4, -0.2) is 36.9 Å². The maximum Gasteiger partial charge on any atom is 0.286 e. The standard InChI is InChI=1S/C20H24N2O3/c1-21-19(23)18-12-11-17(25-18)15-7-9-16(10-8-15)20(24)22-13-5-3-2-4-6-14-22/h7-12H,2-6,13-14H2,1H3,(H,21,23). The second-order valence-electron chi connectivity index (χ2n) is 6.38. The molecule has 2 heterocycles. The number of carbonyl (C=O) groups excluding carboxylic acids is 2. The Morgan fingerprint density at radius 2 is 1.56 bits per heavy atom. The minimum atomic E-state index is -0.255. The number of hydrogen-bond acceptors (Lipinski definition) is 3. The molecule has 5 nitrogen and oxygen atoms in total. The third-order valence-electron chi connectivity index (χ3n) is 4.62. The topological polar surface area (TPSA) is 62.6 Å². The van der Waals surface area contributed by atoms with Crippen molar-refractivity contribution in [2.24, 2.45) is 0 Å². The molecule has 1 aliphatic rings. The van der Waals surface area contributed by atoms with Gasteiger partial charge in [0.1, 0.15) is 5.76 Å². The first-order valence-electron chi connectivity index (χ1n) is 8.90. The van der Waals surface area contributed by atoms with E-state index >= 15 is 0 Å². The summed E-state index contributed by atoms with van der Waals surface area (Å²) in [6.07, 6.45) is 5.85. The molecule has 2 aromatic rings. The highest BCUT2D eigenvalue weighted by Gasteiger charge is 2.17. The Kier molecular flexibility index (Phi) is 5.53. The van der Waals surface area contributed by atoms with Crippen LogP contribution in [0.1, 0.15) is 53.0 Å². The molecule has 0 atom stereocenters. The number of carbonyl (C=O) groups is 2. The predicted octanol–water partition coefficient (Wildman–Crippen LogP) is 3.71. The SMILES string of the molecule is CNC(=O)c1ccc(-c2ccc(C(=O)N3CCCCCCC3)cc2)o1. The van der Waals surface area contributed by atoms with Gasteiger partial charge >= 0.3 is 0 Å². The van der Waals surface area contributed by atoms with E-state index in [2.05, 4.69) is 5.32 Å². The van der Waals surface area contributed by atoms with E-state index in [1.165, 1.54) is 19.3 Å². The van der Waals surface area contributed by atoms with E-state index in [4.69, 9.17) is 4.42 Å². The van der Waals surface area contributed by atoms with Crippen LogP contribution < -0.4 is 5.32 Å². The summed E-state index contributed by atoms with van der Waals surface area (Å²) >= 11 is 0. The number of furan rings is 1. The normalized spacial score (nSPS) is 15.3. The Morgan fingerprint density at radius 1 is 0.920 bits per heavy atom. The smallest absolute Gasteiger partial charge is 0.286 e. The summed E-state index contributed by atoms with van der Waals surface area (Å²) in [6.45, 7) is 1.68. The number of nitrogens with one attached hydrogen (secondary N) is 1. The molecule has 0 unspecified atom stereocenters. The first-order valence-corrected chi connectivity index (χ1v) is 8.90. The second kappa shape index (κ2) is 8.01. The van der Waals surface area contributed by atoms with Crippen molar-refractivity contribution in [3.8, 4) is 11.3 Å². The number of nitrogens with zero attached hydrogens (tertiary/aromatic N) is 1. The Bertz CT molecular complexity index is 726. The van der Waals surface area contributed by atoms with E-state index in [9.17, 15) is 9.59 Å². The number of likely N-dealkylation sites (tertiary alicyclic amines) is 1. The summed E-state index contributed by atoms with van der Waals surface area (Å²) in [5.74, 6) is 0.733. The zero-order chi connectivity index (χ0) is 17.6. The molecule has 1 aliphatic heterocycles. The van der Waals surface area contributed by atoms with E-state index in [1.54, 1.807) is 19.2 Å². The zero-order valence-corrected chi connectivity index (χ0v) is 14.6. The number of benzene rings is 1. The minimum Gasteiger partial charge on any atom is -0.451 e. The van der Waals surface area contributed by atoms with Gasteiger partial charge < -0.3 is 14.6 Å². The lowest BCUT2D eigenvalue weighted by Crippen LogP contribution is -2.33. The van der Waals surface area contributed by atoms with Crippen molar-refractivity contribution in [3.05, 3.63) is 47.7 Å². The van der Waals surface area contributed by atoms with E-state index in [-0.39, 0.29) is 17.6 Å². The fourth-order valence-corrected chi connectivity index (χ4v) is 3.15. The monoisotopic (exact) mass is 340 g/mol. The molecule has 5 heteroatoms. The summed E-state index contributed by atoms with van der Waals surface area (Å²) < 4.78 is 5.56. The second-order valence-corrected chi connectivity index (χ2v) is 6.38. The van der Waals surface area contributed by atoms with Gasteiger partial charge in [-0.05, 0) is 37.1 Å². The molecule has 0 radical (unpaired) electrons. The number of rotatable bonds is 3. The van der Waals surface area contributed by atoms with Gasteiger partial charge in [-0.2, -0.15) is 0 Å². The van der Waals surface area contributed by atoms with Crippen molar-refractivity contribution in [3.63, 3.8) is 0 Å². The third kappa shape index (κ3) is 4.10. The Hall–Kier alpha value is -2.56. The van der Waals surface area contributed by atoms with E-state index in [1.807, 2.05) is 29.2 Å². The summed E-state index contributed by atoms with van der Waals surface area (Å²) in [7, 11) is 1.57. The van der Waals surface area contributed by atoms with Crippen molar-refractivity contribution < 1.29 is 14.0 Å². The molecule has 132 valence electrons. The molecular formula is C20H24N2O3. The highest BCUT2D eigenvalue weighted by atomic mass is 16.3. The van der Waals surface area contributed by atoms with Crippen molar-refractivity contribution in [2.75, 3.05) is 20.1 Å². The minimum absolute atomic E-state index is 0.0962. The van der Waals surface area contributed by atoms with Crippen LogP contribution in [0.15, 0.2) is 40.8 Å². The van der Waals surface area contributed by atoms with Crippen LogP contribution in [0, 0.1) is 0 Å². The lowest BCUT2D eigenvalue weighted by Gasteiger charge is -2.24. The average molecular weight is 340 g/mol. The Morgan fingerprint density at radius 3 is 2.20 bits per heavy atom. The maximum absolute atomic E-state index is 12.7. The molecule has 0 bridgehead atoms. The first-order chi connectivity index (χ1) is 12.2. The van der Waals surface area contributed by atoms with Gasteiger partial charge in [-0.3, -0.25) is 9.59 Å². The van der Waals surface area contributed by atoms with Crippen LogP contribution in [0.2, 0.25) is 0 Å².